The van der Waals surface area contributed by atoms with E-state index in [4.69, 9.17) is 10.5 Å². The molecule has 1 aliphatic rings. The maximum atomic E-state index is 12.0. The van der Waals surface area contributed by atoms with Gasteiger partial charge in [-0.15, -0.1) is 11.3 Å². The lowest BCUT2D eigenvalue weighted by atomic mass is 10.0. The van der Waals surface area contributed by atoms with Gasteiger partial charge in [-0.05, 0) is 30.9 Å². The molecule has 0 aliphatic carbocycles. The van der Waals surface area contributed by atoms with Gasteiger partial charge in [0.05, 0.1) is 6.61 Å². The highest BCUT2D eigenvalue weighted by Gasteiger charge is 2.20. The second-order valence-electron chi connectivity index (χ2n) is 4.36. The van der Waals surface area contributed by atoms with Gasteiger partial charge in [-0.2, -0.15) is 0 Å². The first-order chi connectivity index (χ1) is 8.62. The molecular formula is C11H18N2O3S2. The average molecular weight is 290 g/mol. The summed E-state index contributed by atoms with van der Waals surface area (Å²) in [7, 11) is -3.39. The molecule has 0 bridgehead atoms. The molecular weight excluding hydrogens is 272 g/mol. The quantitative estimate of drug-likeness (QED) is 0.844. The summed E-state index contributed by atoms with van der Waals surface area (Å²) < 4.78 is 32.3. The lowest BCUT2D eigenvalue weighted by molar-refractivity contribution is 0.0568. The smallest absolute Gasteiger partial charge is 0.250 e. The highest BCUT2D eigenvalue weighted by atomic mass is 32.2. The summed E-state index contributed by atoms with van der Waals surface area (Å²) in [6.07, 6.45) is 2.02. The predicted octanol–water partition coefficient (Wildman–Crippen LogP) is 0.912. The highest BCUT2D eigenvalue weighted by molar-refractivity contribution is 7.91. The number of rotatable bonds is 5. The fourth-order valence-corrected chi connectivity index (χ4v) is 4.27. The van der Waals surface area contributed by atoms with Gasteiger partial charge in [0.2, 0.25) is 10.0 Å². The third-order valence-corrected chi connectivity index (χ3v) is 5.94. The van der Waals surface area contributed by atoms with E-state index in [1.54, 1.807) is 12.1 Å². The highest BCUT2D eigenvalue weighted by Crippen LogP contribution is 2.21. The third kappa shape index (κ3) is 3.52. The Morgan fingerprint density at radius 2 is 2.33 bits per heavy atom. The van der Waals surface area contributed by atoms with E-state index < -0.39 is 10.0 Å². The Morgan fingerprint density at radius 1 is 1.50 bits per heavy atom. The van der Waals surface area contributed by atoms with Crippen molar-refractivity contribution >= 4 is 21.4 Å². The Bertz CT molecular complexity index is 478. The maximum absolute atomic E-state index is 12.0. The van der Waals surface area contributed by atoms with Crippen molar-refractivity contribution in [1.29, 1.82) is 0 Å². The Morgan fingerprint density at radius 3 is 2.94 bits per heavy atom. The lowest BCUT2D eigenvalue weighted by Gasteiger charge is -2.21. The lowest BCUT2D eigenvalue weighted by Crippen LogP contribution is -2.32. The first kappa shape index (κ1) is 14.0. The molecule has 3 N–H and O–H groups in total. The molecule has 1 aromatic heterocycles. The molecule has 1 aromatic rings. The summed E-state index contributed by atoms with van der Waals surface area (Å²) >= 11 is 1.22. The average Bonchev–Trinajstić information content (AvgIpc) is 2.87. The molecule has 2 rings (SSSR count). The van der Waals surface area contributed by atoms with Crippen LogP contribution in [0.3, 0.4) is 0 Å². The fraction of sp³-hybridized carbons (Fsp3) is 0.636. The summed E-state index contributed by atoms with van der Waals surface area (Å²) in [5.41, 5.74) is 5.48. The zero-order valence-corrected chi connectivity index (χ0v) is 11.7. The Balaban J connectivity index is 1.94. The van der Waals surface area contributed by atoms with E-state index in [1.807, 2.05) is 0 Å². The molecule has 0 saturated carbocycles. The van der Waals surface area contributed by atoms with Gasteiger partial charge < -0.3 is 10.5 Å². The van der Waals surface area contributed by atoms with E-state index in [0.717, 1.165) is 24.3 Å². The molecule has 1 saturated heterocycles. The monoisotopic (exact) mass is 290 g/mol. The van der Waals surface area contributed by atoms with Gasteiger partial charge in [-0.25, -0.2) is 13.1 Å². The summed E-state index contributed by atoms with van der Waals surface area (Å²) in [5, 5.41) is 0. The van der Waals surface area contributed by atoms with Crippen molar-refractivity contribution in [3.63, 3.8) is 0 Å². The minimum Gasteiger partial charge on any atom is -0.381 e. The van der Waals surface area contributed by atoms with E-state index in [9.17, 15) is 8.42 Å². The minimum absolute atomic E-state index is 0.280. The third-order valence-electron chi connectivity index (χ3n) is 2.92. The van der Waals surface area contributed by atoms with Crippen molar-refractivity contribution in [2.24, 2.45) is 11.7 Å². The Hall–Kier alpha value is -0.470. The fourth-order valence-electron chi connectivity index (χ4n) is 1.88. The van der Waals surface area contributed by atoms with Crippen molar-refractivity contribution in [1.82, 2.24) is 4.72 Å². The van der Waals surface area contributed by atoms with E-state index in [2.05, 4.69) is 4.72 Å². The molecule has 1 aliphatic heterocycles. The van der Waals surface area contributed by atoms with Crippen LogP contribution in [-0.2, 0) is 21.3 Å². The van der Waals surface area contributed by atoms with Gasteiger partial charge in [-0.3, -0.25) is 0 Å². The van der Waals surface area contributed by atoms with Gasteiger partial charge in [0.25, 0.3) is 0 Å². The second-order valence-corrected chi connectivity index (χ2v) is 7.52. The predicted molar refractivity (Wildman–Crippen MR) is 70.9 cm³/mol. The van der Waals surface area contributed by atoms with Crippen LogP contribution in [0.4, 0.5) is 0 Å². The maximum Gasteiger partial charge on any atom is 0.250 e. The molecule has 2 heterocycles. The second kappa shape index (κ2) is 6.12. The largest absolute Gasteiger partial charge is 0.381 e. The van der Waals surface area contributed by atoms with Crippen LogP contribution >= 0.6 is 11.3 Å². The van der Waals surface area contributed by atoms with Gasteiger partial charge >= 0.3 is 0 Å². The van der Waals surface area contributed by atoms with Crippen LogP contribution in [-0.4, -0.2) is 28.2 Å². The van der Waals surface area contributed by atoms with Gasteiger partial charge in [0.1, 0.15) is 4.21 Å². The summed E-state index contributed by atoms with van der Waals surface area (Å²) in [4.78, 5) is 0.872. The molecule has 5 nitrogen and oxygen atoms in total. The van der Waals surface area contributed by atoms with Crippen LogP contribution in [0.2, 0.25) is 0 Å². The van der Waals surface area contributed by atoms with Crippen LogP contribution in [0, 0.1) is 5.92 Å². The van der Waals surface area contributed by atoms with Crippen LogP contribution in [0.5, 0.6) is 0 Å². The summed E-state index contributed by atoms with van der Waals surface area (Å²) in [6.45, 7) is 2.24. The Kier molecular flexibility index (Phi) is 4.74. The molecule has 1 fully saturated rings. The van der Waals surface area contributed by atoms with Crippen LogP contribution in [0.15, 0.2) is 16.3 Å². The molecule has 1 unspecified atom stereocenters. The minimum atomic E-state index is -3.39. The number of hydrogen-bond acceptors (Lipinski definition) is 5. The summed E-state index contributed by atoms with van der Waals surface area (Å²) in [5.74, 6) is 0.280. The number of nitrogens with one attached hydrogen (secondary N) is 1. The Labute approximate surface area is 111 Å². The van der Waals surface area contributed by atoms with Crippen LogP contribution < -0.4 is 10.5 Å². The zero-order valence-electron chi connectivity index (χ0n) is 10.1. The molecule has 7 heteroatoms. The molecule has 18 heavy (non-hydrogen) atoms. The van der Waals surface area contributed by atoms with Gasteiger partial charge in [-0.1, -0.05) is 0 Å². The van der Waals surface area contributed by atoms with Crippen molar-refractivity contribution < 1.29 is 13.2 Å². The SMILES string of the molecule is NCc1ccc(S(=O)(=O)NCC2CCCOC2)s1. The van der Waals surface area contributed by atoms with Crippen molar-refractivity contribution in [3.05, 3.63) is 17.0 Å². The van der Waals surface area contributed by atoms with E-state index >= 15 is 0 Å². The van der Waals surface area contributed by atoms with Crippen molar-refractivity contribution in [2.75, 3.05) is 19.8 Å². The van der Waals surface area contributed by atoms with E-state index in [1.165, 1.54) is 11.3 Å². The molecule has 0 amide bonds. The molecule has 0 radical (unpaired) electrons. The zero-order chi connectivity index (χ0) is 13.0. The van der Waals surface area contributed by atoms with Gasteiger partial charge in [0, 0.05) is 24.6 Å². The first-order valence-corrected chi connectivity index (χ1v) is 8.28. The van der Waals surface area contributed by atoms with Gasteiger partial charge in [0.15, 0.2) is 0 Å². The topological polar surface area (TPSA) is 81.4 Å². The number of hydrogen-bond donors (Lipinski definition) is 2. The van der Waals surface area contributed by atoms with Crippen LogP contribution in [0.25, 0.3) is 0 Å². The number of ether oxygens (including phenoxy) is 1. The van der Waals surface area contributed by atoms with E-state index in [0.29, 0.717) is 23.9 Å². The normalized spacial score (nSPS) is 21.1. The van der Waals surface area contributed by atoms with Crippen LogP contribution in [0.1, 0.15) is 17.7 Å². The number of sulfonamides is 1. The standard InChI is InChI=1S/C11H18N2O3S2/c12-6-10-3-4-11(17-10)18(14,15)13-7-9-2-1-5-16-8-9/h3-4,9,13H,1-2,5-8,12H2. The number of nitrogens with two attached hydrogens (primary N) is 1. The molecule has 0 spiro atoms. The molecule has 1 atom stereocenters. The van der Waals surface area contributed by atoms with E-state index in [-0.39, 0.29) is 5.92 Å². The molecule has 0 aromatic carbocycles. The molecule has 102 valence electrons. The van der Waals surface area contributed by atoms with Crippen molar-refractivity contribution in [2.45, 2.75) is 23.6 Å². The van der Waals surface area contributed by atoms with Crippen molar-refractivity contribution in [3.8, 4) is 0 Å². The number of thiophene rings is 1. The summed E-state index contributed by atoms with van der Waals surface area (Å²) in [6, 6.07) is 3.36. The first-order valence-electron chi connectivity index (χ1n) is 5.98.